The lowest BCUT2D eigenvalue weighted by Gasteiger charge is -2.65. The van der Waals surface area contributed by atoms with Gasteiger partial charge in [-0.05, 0) is 151 Å². The predicted octanol–water partition coefficient (Wildman–Crippen LogP) is 4.85. The highest BCUT2D eigenvalue weighted by Crippen LogP contribution is 2.69. The van der Waals surface area contributed by atoms with Gasteiger partial charge in [-0.2, -0.15) is 0 Å². The fourth-order valence-electron chi connectivity index (χ4n) is 10.6. The second-order valence-corrected chi connectivity index (χ2v) is 15.4. The normalized spacial score (nSPS) is 39.1. The molecule has 0 bridgehead atoms. The molecule has 0 saturated heterocycles. The second kappa shape index (κ2) is 17.7. The summed E-state index contributed by atoms with van der Waals surface area (Å²) in [6, 6.07) is 0. The van der Waals surface area contributed by atoms with E-state index in [4.69, 9.17) is 41.9 Å². The molecule has 3 unspecified atom stereocenters. The van der Waals surface area contributed by atoms with Gasteiger partial charge in [-0.25, -0.2) is 0 Å². The summed E-state index contributed by atoms with van der Waals surface area (Å²) in [6.45, 7) is 14.4. The Kier molecular flexibility index (Phi) is 14.7. The van der Waals surface area contributed by atoms with Gasteiger partial charge in [0.15, 0.2) is 0 Å². The van der Waals surface area contributed by atoms with Gasteiger partial charge in [0.05, 0.1) is 18.3 Å². The van der Waals surface area contributed by atoms with Crippen molar-refractivity contribution in [2.45, 2.75) is 123 Å². The lowest BCUT2D eigenvalue weighted by atomic mass is 9.43. The van der Waals surface area contributed by atoms with E-state index >= 15 is 0 Å². The van der Waals surface area contributed by atoms with Crippen molar-refractivity contribution in [2.24, 2.45) is 69.3 Å². The minimum atomic E-state index is 0.150. The zero-order chi connectivity index (χ0) is 31.6. The fourth-order valence-corrected chi connectivity index (χ4v) is 10.6. The van der Waals surface area contributed by atoms with Crippen molar-refractivity contribution in [1.29, 1.82) is 0 Å². The molecule has 8 heteroatoms. The van der Waals surface area contributed by atoms with Crippen LogP contribution < -0.4 is 22.9 Å². The summed E-state index contributed by atoms with van der Waals surface area (Å²) in [5.41, 5.74) is 23.8. The van der Waals surface area contributed by atoms with Crippen molar-refractivity contribution in [3.8, 4) is 0 Å². The summed E-state index contributed by atoms with van der Waals surface area (Å²) in [4.78, 5) is 0. The highest BCUT2D eigenvalue weighted by molar-refractivity contribution is 5.15. The van der Waals surface area contributed by atoms with E-state index in [1.54, 1.807) is 0 Å². The Bertz CT molecular complexity index is 821. The molecule has 0 aromatic rings. The second-order valence-electron chi connectivity index (χ2n) is 15.4. The van der Waals surface area contributed by atoms with E-state index in [-0.39, 0.29) is 11.5 Å². The third kappa shape index (κ3) is 8.21. The van der Waals surface area contributed by atoms with Crippen LogP contribution in [0.3, 0.4) is 0 Å². The molecule has 4 aliphatic carbocycles. The van der Waals surface area contributed by atoms with Gasteiger partial charge in [-0.15, -0.1) is 0 Å². The van der Waals surface area contributed by atoms with Gasteiger partial charge in [0.25, 0.3) is 0 Å². The molecule has 0 aromatic carbocycles. The SMILES string of the molecule is C[C@H](CCCOCCCN)[C@H]1CC[C@H]2C3[C@H](OCCCN)CC4C[C@H](OCCCN)CC[C@]4(C)[C@H]3C[C@H](OCCCN)C12C. The van der Waals surface area contributed by atoms with Crippen LogP contribution >= 0.6 is 0 Å². The Morgan fingerprint density at radius 2 is 1.32 bits per heavy atom. The first-order chi connectivity index (χ1) is 21.3. The minimum absolute atomic E-state index is 0.150. The van der Waals surface area contributed by atoms with Crippen LogP contribution in [-0.4, -0.2) is 77.5 Å². The summed E-state index contributed by atoms with van der Waals surface area (Å²) in [5.74, 6) is 3.73. The van der Waals surface area contributed by atoms with Crippen molar-refractivity contribution < 1.29 is 18.9 Å². The lowest BCUT2D eigenvalue weighted by molar-refractivity contribution is -0.227. The van der Waals surface area contributed by atoms with E-state index in [9.17, 15) is 0 Å². The van der Waals surface area contributed by atoms with Crippen LogP contribution in [0, 0.1) is 46.3 Å². The van der Waals surface area contributed by atoms with Crippen molar-refractivity contribution in [2.75, 3.05) is 59.2 Å². The molecule has 258 valence electrons. The molecule has 4 rings (SSSR count). The molecule has 0 radical (unpaired) electrons. The van der Waals surface area contributed by atoms with Crippen LogP contribution in [-0.2, 0) is 18.9 Å². The summed E-state index contributed by atoms with van der Waals surface area (Å²) in [6.07, 6.45) is 15.4. The van der Waals surface area contributed by atoms with Crippen LogP contribution in [0.5, 0.6) is 0 Å². The quantitative estimate of drug-likeness (QED) is 0.141. The molecule has 4 aliphatic rings. The van der Waals surface area contributed by atoms with Crippen molar-refractivity contribution in [1.82, 2.24) is 0 Å². The maximum atomic E-state index is 6.97. The molecule has 0 aliphatic heterocycles. The average Bonchev–Trinajstić information content (AvgIpc) is 3.38. The topological polar surface area (TPSA) is 141 Å². The maximum Gasteiger partial charge on any atom is 0.0637 e. The average molecular weight is 623 g/mol. The van der Waals surface area contributed by atoms with Gasteiger partial charge in [0, 0.05) is 38.4 Å². The summed E-state index contributed by atoms with van der Waals surface area (Å²) < 4.78 is 26.1. The van der Waals surface area contributed by atoms with Crippen LogP contribution in [0.1, 0.15) is 104 Å². The van der Waals surface area contributed by atoms with Crippen molar-refractivity contribution in [3.05, 3.63) is 0 Å². The molecular formula is C36H70N4O4. The molecular weight excluding hydrogens is 552 g/mol. The van der Waals surface area contributed by atoms with Gasteiger partial charge >= 0.3 is 0 Å². The first kappa shape index (κ1) is 36.5. The van der Waals surface area contributed by atoms with Gasteiger partial charge in [0.1, 0.15) is 0 Å². The summed E-state index contributed by atoms with van der Waals surface area (Å²) in [7, 11) is 0. The monoisotopic (exact) mass is 623 g/mol. The highest BCUT2D eigenvalue weighted by atomic mass is 16.5. The number of hydrogen-bond acceptors (Lipinski definition) is 8. The Morgan fingerprint density at radius 3 is 2.02 bits per heavy atom. The first-order valence-electron chi connectivity index (χ1n) is 18.6. The zero-order valence-corrected chi connectivity index (χ0v) is 28.7. The van der Waals surface area contributed by atoms with Crippen LogP contribution in [0.25, 0.3) is 0 Å². The lowest BCUT2D eigenvalue weighted by Crippen LogP contribution is -2.63. The number of fused-ring (bicyclic) bond motifs is 5. The largest absolute Gasteiger partial charge is 0.381 e. The Balaban J connectivity index is 1.57. The van der Waals surface area contributed by atoms with E-state index in [1.807, 2.05) is 0 Å². The molecule has 0 heterocycles. The molecule has 0 aromatic heterocycles. The molecule has 11 atom stereocenters. The molecule has 0 spiro atoms. The van der Waals surface area contributed by atoms with Crippen LogP contribution in [0.15, 0.2) is 0 Å². The van der Waals surface area contributed by atoms with E-state index in [0.29, 0.717) is 79.3 Å². The van der Waals surface area contributed by atoms with E-state index in [1.165, 1.54) is 25.7 Å². The van der Waals surface area contributed by atoms with E-state index in [2.05, 4.69) is 20.8 Å². The van der Waals surface area contributed by atoms with E-state index < -0.39 is 0 Å². The molecule has 4 saturated carbocycles. The number of hydrogen-bond donors (Lipinski definition) is 4. The Hall–Kier alpha value is -0.320. The Morgan fingerprint density at radius 1 is 0.682 bits per heavy atom. The summed E-state index contributed by atoms with van der Waals surface area (Å²) >= 11 is 0. The van der Waals surface area contributed by atoms with Gasteiger partial charge in [-0.3, -0.25) is 0 Å². The van der Waals surface area contributed by atoms with E-state index in [0.717, 1.165) is 90.8 Å². The Labute approximate surface area is 269 Å². The molecule has 0 amide bonds. The molecule has 4 fully saturated rings. The minimum Gasteiger partial charge on any atom is -0.381 e. The van der Waals surface area contributed by atoms with Gasteiger partial charge in [-0.1, -0.05) is 20.8 Å². The molecule has 8 N–H and O–H groups in total. The van der Waals surface area contributed by atoms with Gasteiger partial charge < -0.3 is 41.9 Å². The fraction of sp³-hybridized carbons (Fsp3) is 1.00. The zero-order valence-electron chi connectivity index (χ0n) is 28.7. The van der Waals surface area contributed by atoms with Crippen LogP contribution in [0.2, 0.25) is 0 Å². The standard InChI is InChI=1S/C36H70N4O4/c1-26(9-4-18-41-19-5-14-37)29-10-11-30-34-31(25-33(36(29,30)3)44-22-8-17-40)35(2)13-12-28(42-20-6-15-38)23-27(35)24-32(34)43-21-7-16-39/h26-34H,4-25,37-40H2,1-3H3/t26-,27?,28-,29-,30+,31+,32-,33+,34?,35+,36?/m1/s1. The highest BCUT2D eigenvalue weighted by Gasteiger charge is 2.66. The number of ether oxygens (including phenoxy) is 4. The van der Waals surface area contributed by atoms with Crippen molar-refractivity contribution in [3.63, 3.8) is 0 Å². The maximum absolute atomic E-state index is 6.97. The first-order valence-corrected chi connectivity index (χ1v) is 18.6. The van der Waals surface area contributed by atoms with Gasteiger partial charge in [0.2, 0.25) is 0 Å². The third-order valence-electron chi connectivity index (χ3n) is 12.9. The smallest absolute Gasteiger partial charge is 0.0637 e. The molecule has 44 heavy (non-hydrogen) atoms. The van der Waals surface area contributed by atoms with Crippen LogP contribution in [0.4, 0.5) is 0 Å². The third-order valence-corrected chi connectivity index (χ3v) is 12.9. The number of rotatable bonds is 20. The van der Waals surface area contributed by atoms with Crippen molar-refractivity contribution >= 4 is 0 Å². The number of nitrogens with two attached hydrogens (primary N) is 4. The summed E-state index contributed by atoms with van der Waals surface area (Å²) in [5, 5.41) is 0. The predicted molar refractivity (Wildman–Crippen MR) is 179 cm³/mol. The molecule has 8 nitrogen and oxygen atoms in total.